The topological polar surface area (TPSA) is 161 Å². The molecule has 0 spiro atoms. The van der Waals surface area contributed by atoms with Crippen molar-refractivity contribution in [3.63, 3.8) is 0 Å². The lowest BCUT2D eigenvalue weighted by Gasteiger charge is -2.52. The number of phenolic OH excluding ortho intramolecular Hbond substituents is 1. The van der Waals surface area contributed by atoms with Gasteiger partial charge in [0.1, 0.15) is 17.1 Å². The van der Waals surface area contributed by atoms with Crippen molar-refractivity contribution in [1.82, 2.24) is 4.90 Å². The number of ketones is 2. The lowest BCUT2D eigenvalue weighted by Crippen LogP contribution is -2.66. The molecule has 3 aliphatic rings. The lowest BCUT2D eigenvalue weighted by atomic mass is 9.56. The Morgan fingerprint density at radius 3 is 2.42 bits per heavy atom. The highest BCUT2D eigenvalue weighted by molar-refractivity contribution is 6.24. The first-order valence-electron chi connectivity index (χ1n) is 9.87. The molecule has 9 heteroatoms. The van der Waals surface area contributed by atoms with E-state index in [1.807, 2.05) is 0 Å². The summed E-state index contributed by atoms with van der Waals surface area (Å²) in [5.74, 6) is -6.37. The van der Waals surface area contributed by atoms with Gasteiger partial charge in [0.05, 0.1) is 17.7 Å². The monoisotopic (exact) mass is 428 g/mol. The third-order valence-electron chi connectivity index (χ3n) is 6.84. The Morgan fingerprint density at radius 2 is 1.84 bits per heavy atom. The summed E-state index contributed by atoms with van der Waals surface area (Å²) in [6.07, 6.45) is -0.357. The largest absolute Gasteiger partial charge is 0.510 e. The zero-order valence-electron chi connectivity index (χ0n) is 17.2. The first-order chi connectivity index (χ1) is 14.4. The van der Waals surface area contributed by atoms with Crippen LogP contribution in [0.2, 0.25) is 0 Å². The van der Waals surface area contributed by atoms with Crippen molar-refractivity contribution >= 4 is 17.5 Å². The number of rotatable bonds is 2. The van der Waals surface area contributed by atoms with Gasteiger partial charge in [0.25, 0.3) is 5.91 Å². The van der Waals surface area contributed by atoms with Crippen LogP contribution < -0.4 is 5.73 Å². The maximum absolute atomic E-state index is 13.3. The van der Waals surface area contributed by atoms with Crippen molar-refractivity contribution in [2.24, 2.45) is 17.6 Å². The molecule has 1 amide bonds. The third kappa shape index (κ3) is 2.63. The number of fused-ring (bicyclic) bond motifs is 3. The molecule has 0 fully saturated rings. The number of hydrogen-bond donors (Lipinski definition) is 5. The SMILES string of the molecule is C[C@H]1c2cccc(O)c2C(=O)C2=C[C@]3(O)C(=O)C(C(N)=O)=C(O)[C@@H](N(C)C)C3[C@@H](O)C21. The third-order valence-corrected chi connectivity index (χ3v) is 6.84. The molecule has 4 rings (SSSR count). The molecule has 0 heterocycles. The number of aliphatic hydroxyl groups is 3. The van der Waals surface area contributed by atoms with Gasteiger partial charge in [-0.1, -0.05) is 19.1 Å². The smallest absolute Gasteiger partial charge is 0.255 e. The molecule has 0 radical (unpaired) electrons. The van der Waals surface area contributed by atoms with Crippen molar-refractivity contribution < 1.29 is 34.8 Å². The molecule has 0 bridgehead atoms. The zero-order valence-corrected chi connectivity index (χ0v) is 17.2. The molecule has 0 aromatic heterocycles. The van der Waals surface area contributed by atoms with Crippen molar-refractivity contribution in [3.8, 4) is 5.75 Å². The summed E-state index contributed by atoms with van der Waals surface area (Å²) in [4.78, 5) is 39.8. The van der Waals surface area contributed by atoms with E-state index in [1.165, 1.54) is 11.0 Å². The zero-order chi connectivity index (χ0) is 23.0. The molecule has 0 aliphatic heterocycles. The number of primary amides is 1. The minimum atomic E-state index is -2.45. The predicted octanol–water partition coefficient (Wildman–Crippen LogP) is -0.233. The second-order valence-electron chi connectivity index (χ2n) is 8.69. The highest BCUT2D eigenvalue weighted by Crippen LogP contribution is 2.53. The molecule has 6 atom stereocenters. The molecule has 3 aliphatic carbocycles. The van der Waals surface area contributed by atoms with Gasteiger partial charge in [-0.3, -0.25) is 19.3 Å². The number of carbonyl (C=O) groups excluding carboxylic acids is 3. The van der Waals surface area contributed by atoms with Gasteiger partial charge in [0.2, 0.25) is 5.78 Å². The first kappa shape index (κ1) is 21.2. The minimum absolute atomic E-state index is 0.0242. The van der Waals surface area contributed by atoms with Crippen molar-refractivity contribution in [3.05, 3.63) is 52.3 Å². The van der Waals surface area contributed by atoms with Crippen LogP contribution in [-0.2, 0) is 9.59 Å². The minimum Gasteiger partial charge on any atom is -0.510 e. The fourth-order valence-corrected chi connectivity index (χ4v) is 5.48. The second-order valence-corrected chi connectivity index (χ2v) is 8.69. The maximum Gasteiger partial charge on any atom is 0.255 e. The van der Waals surface area contributed by atoms with E-state index in [2.05, 4.69) is 0 Å². The molecule has 1 aromatic carbocycles. The van der Waals surface area contributed by atoms with Gasteiger partial charge >= 0.3 is 0 Å². The number of Topliss-reactive ketones (excluding diaryl/α,β-unsaturated/α-hetero) is 2. The van der Waals surface area contributed by atoms with Crippen LogP contribution in [0.3, 0.4) is 0 Å². The number of aliphatic hydroxyl groups excluding tert-OH is 2. The number of nitrogens with two attached hydrogens (primary N) is 1. The van der Waals surface area contributed by atoms with Crippen molar-refractivity contribution in [2.75, 3.05) is 14.1 Å². The van der Waals surface area contributed by atoms with E-state index in [4.69, 9.17) is 5.73 Å². The Bertz CT molecular complexity index is 1090. The van der Waals surface area contributed by atoms with Crippen LogP contribution in [0.1, 0.15) is 28.8 Å². The van der Waals surface area contributed by atoms with E-state index < -0.39 is 64.3 Å². The summed E-state index contributed by atoms with van der Waals surface area (Å²) in [6.45, 7) is 1.77. The van der Waals surface area contributed by atoms with E-state index in [0.717, 1.165) is 6.08 Å². The summed E-state index contributed by atoms with van der Waals surface area (Å²) in [5, 5.41) is 43.8. The molecule has 1 aromatic rings. The fourth-order valence-electron chi connectivity index (χ4n) is 5.48. The highest BCUT2D eigenvalue weighted by Gasteiger charge is 2.63. The van der Waals surface area contributed by atoms with E-state index in [-0.39, 0.29) is 16.9 Å². The lowest BCUT2D eigenvalue weighted by molar-refractivity contribution is -0.152. The van der Waals surface area contributed by atoms with Crippen LogP contribution in [0.4, 0.5) is 0 Å². The first-order valence-corrected chi connectivity index (χ1v) is 9.87. The molecule has 9 nitrogen and oxygen atoms in total. The standard InChI is InChI=1S/C22H24N2O7/c1-8-9-5-4-6-11(25)13(9)17(26)10-7-22(31)15(18(27)12(8)10)16(24(2)3)19(28)14(20(22)29)21(23)30/h4-8,12,15-16,18,25,27-28,31H,1-3H3,(H2,23,30)/t8-,12?,15?,16-,18-,22+/m0/s1. The number of carbonyl (C=O) groups is 3. The number of hydrogen-bond acceptors (Lipinski definition) is 8. The van der Waals surface area contributed by atoms with Gasteiger partial charge < -0.3 is 26.2 Å². The Balaban J connectivity index is 2.00. The highest BCUT2D eigenvalue weighted by atomic mass is 16.3. The van der Waals surface area contributed by atoms with Gasteiger partial charge in [-0.25, -0.2) is 0 Å². The number of phenols is 1. The molecule has 31 heavy (non-hydrogen) atoms. The van der Waals surface area contributed by atoms with Crippen molar-refractivity contribution in [2.45, 2.75) is 30.6 Å². The van der Waals surface area contributed by atoms with Crippen molar-refractivity contribution in [1.29, 1.82) is 0 Å². The number of amides is 1. The van der Waals surface area contributed by atoms with Crippen LogP contribution in [0, 0.1) is 11.8 Å². The number of benzene rings is 1. The van der Waals surface area contributed by atoms with Gasteiger partial charge in [0, 0.05) is 17.4 Å². The molecule has 164 valence electrons. The summed E-state index contributed by atoms with van der Waals surface area (Å²) < 4.78 is 0. The average molecular weight is 428 g/mol. The van der Waals surface area contributed by atoms with E-state index in [0.29, 0.717) is 5.56 Å². The summed E-state index contributed by atoms with van der Waals surface area (Å²) in [7, 11) is 3.12. The molecule has 0 saturated heterocycles. The quantitative estimate of drug-likeness (QED) is 0.404. The van der Waals surface area contributed by atoms with Gasteiger partial charge in [-0.15, -0.1) is 0 Å². The maximum atomic E-state index is 13.3. The average Bonchev–Trinajstić information content (AvgIpc) is 2.67. The Labute approximate surface area is 178 Å². The number of likely N-dealkylation sites (N-methyl/N-ethyl adjacent to an activating group) is 1. The fraction of sp³-hybridized carbons (Fsp3) is 0.409. The van der Waals surface area contributed by atoms with Crippen LogP contribution in [0.25, 0.3) is 0 Å². The van der Waals surface area contributed by atoms with Gasteiger partial charge in [-0.05, 0) is 37.7 Å². The Hall–Kier alpha value is -3.01. The van der Waals surface area contributed by atoms with Crippen LogP contribution in [0.5, 0.6) is 5.75 Å². The summed E-state index contributed by atoms with van der Waals surface area (Å²) >= 11 is 0. The Kier molecular flexibility index (Phi) is 4.62. The predicted molar refractivity (Wildman–Crippen MR) is 108 cm³/mol. The molecule has 0 saturated carbocycles. The van der Waals surface area contributed by atoms with Crippen LogP contribution >= 0.6 is 0 Å². The Morgan fingerprint density at radius 1 is 1.19 bits per heavy atom. The summed E-state index contributed by atoms with van der Waals surface area (Å²) in [5.41, 5.74) is 2.65. The van der Waals surface area contributed by atoms with E-state index >= 15 is 0 Å². The molecule has 6 N–H and O–H groups in total. The van der Waals surface area contributed by atoms with Gasteiger partial charge in [0.15, 0.2) is 11.4 Å². The second kappa shape index (κ2) is 6.74. The van der Waals surface area contributed by atoms with Crippen LogP contribution in [0.15, 0.2) is 41.2 Å². The summed E-state index contributed by atoms with van der Waals surface area (Å²) in [6, 6.07) is 3.53. The molecule has 2 unspecified atom stereocenters. The van der Waals surface area contributed by atoms with E-state index in [1.54, 1.807) is 33.2 Å². The normalized spacial score (nSPS) is 34.8. The molecular weight excluding hydrogens is 404 g/mol. The number of nitrogens with zero attached hydrogens (tertiary/aromatic N) is 1. The number of aromatic hydroxyl groups is 1. The van der Waals surface area contributed by atoms with E-state index in [9.17, 15) is 34.8 Å². The van der Waals surface area contributed by atoms with Gasteiger partial charge in [-0.2, -0.15) is 0 Å². The molecular formula is C22H24N2O7. The van der Waals surface area contributed by atoms with Crippen LogP contribution in [-0.4, -0.2) is 74.6 Å².